The minimum Gasteiger partial charge on any atom is -0.493 e. The first kappa shape index (κ1) is 26.0. The average Bonchev–Trinajstić information content (AvgIpc) is 2.46. The summed E-state index contributed by atoms with van der Waals surface area (Å²) in [5.74, 6) is 1.48. The molecule has 0 heterocycles. The molecule has 24 heavy (non-hydrogen) atoms. The monoisotopic (exact) mass is 446 g/mol. The normalized spacial score (nSPS) is 11.7. The fourth-order valence-corrected chi connectivity index (χ4v) is 2.24. The van der Waals surface area contributed by atoms with Gasteiger partial charge in [0, 0.05) is 17.4 Å². The Morgan fingerprint density at radius 3 is 2.25 bits per heavy atom. The number of ether oxygens (including phenoxy) is 3. The maximum absolute atomic E-state index is 5.89. The van der Waals surface area contributed by atoms with Crippen LogP contribution >= 0.6 is 40.7 Å². The molecule has 0 N–H and O–H groups in total. The highest BCUT2D eigenvalue weighted by atomic mass is 79.9. The predicted molar refractivity (Wildman–Crippen MR) is 107 cm³/mol. The fraction of sp³-hybridized carbons (Fsp3) is 0.625. The van der Waals surface area contributed by atoms with Gasteiger partial charge >= 0.3 is 0 Å². The van der Waals surface area contributed by atoms with Gasteiger partial charge < -0.3 is 19.1 Å². The van der Waals surface area contributed by atoms with Crippen LogP contribution in [0.25, 0.3) is 0 Å². The summed E-state index contributed by atoms with van der Waals surface area (Å²) in [6.07, 6.45) is 0.925. The van der Waals surface area contributed by atoms with E-state index in [1.54, 1.807) is 7.11 Å². The Morgan fingerprint density at radius 2 is 1.71 bits per heavy atom. The van der Waals surface area contributed by atoms with Crippen molar-refractivity contribution in [3.63, 3.8) is 0 Å². The van der Waals surface area contributed by atoms with Crippen molar-refractivity contribution < 1.29 is 14.2 Å². The highest BCUT2D eigenvalue weighted by Crippen LogP contribution is 2.30. The van der Waals surface area contributed by atoms with Crippen LogP contribution < -0.4 is 9.47 Å². The molecule has 8 heteroatoms. The molecule has 5 nitrogen and oxygen atoms in total. The first-order valence-electron chi connectivity index (χ1n) is 7.33. The van der Waals surface area contributed by atoms with Crippen LogP contribution in [0.2, 0.25) is 0 Å². The predicted octanol–water partition coefficient (Wildman–Crippen LogP) is 3.54. The van der Waals surface area contributed by atoms with Gasteiger partial charge in [-0.3, -0.25) is 4.90 Å². The quantitative estimate of drug-likeness (QED) is 0.404. The highest BCUT2D eigenvalue weighted by molar-refractivity contribution is 9.10. The van der Waals surface area contributed by atoms with Crippen LogP contribution in [0.3, 0.4) is 0 Å². The highest BCUT2D eigenvalue weighted by Gasteiger charge is 2.12. The van der Waals surface area contributed by atoms with Gasteiger partial charge in [0.05, 0.1) is 20.3 Å². The van der Waals surface area contributed by atoms with Crippen molar-refractivity contribution in [3.05, 3.63) is 22.7 Å². The molecule has 0 aromatic heterocycles. The first-order valence-corrected chi connectivity index (χ1v) is 8.12. The lowest BCUT2D eigenvalue weighted by atomic mass is 10.3. The van der Waals surface area contributed by atoms with Crippen LogP contribution in [0.1, 0.15) is 6.42 Å². The summed E-state index contributed by atoms with van der Waals surface area (Å²) in [7, 11) is 9.78. The van der Waals surface area contributed by atoms with E-state index in [1.807, 2.05) is 46.4 Å². The summed E-state index contributed by atoms with van der Waals surface area (Å²) in [5, 5.41) is 0. The molecule has 0 aliphatic carbocycles. The van der Waals surface area contributed by atoms with E-state index < -0.39 is 0 Å². The fourth-order valence-electron chi connectivity index (χ4n) is 1.90. The molecule has 0 spiro atoms. The Bertz CT molecular complexity index is 451. The van der Waals surface area contributed by atoms with Crippen molar-refractivity contribution in [2.24, 2.45) is 0 Å². The van der Waals surface area contributed by atoms with Crippen molar-refractivity contribution in [1.29, 1.82) is 0 Å². The lowest BCUT2D eigenvalue weighted by molar-refractivity contribution is -0.0512. The molecule has 0 aliphatic rings. The Balaban J connectivity index is 0. The number of rotatable bonds is 10. The maximum Gasteiger partial charge on any atom is 0.161 e. The number of nitrogens with zero attached hydrogens (tertiary/aromatic N) is 2. The summed E-state index contributed by atoms with van der Waals surface area (Å²) >= 11 is 3.41. The van der Waals surface area contributed by atoms with Gasteiger partial charge in [-0.1, -0.05) is 15.9 Å². The first-order chi connectivity index (χ1) is 10.4. The van der Waals surface area contributed by atoms with Crippen molar-refractivity contribution >= 4 is 40.7 Å². The third-order valence-electron chi connectivity index (χ3n) is 3.08. The van der Waals surface area contributed by atoms with Crippen LogP contribution in [-0.4, -0.2) is 71.1 Å². The van der Waals surface area contributed by atoms with Crippen LogP contribution in [-0.2, 0) is 4.74 Å². The Kier molecular flexibility index (Phi) is 15.1. The number of halogens is 3. The second-order valence-electron chi connectivity index (χ2n) is 5.55. The summed E-state index contributed by atoms with van der Waals surface area (Å²) in [6, 6.07) is 5.73. The van der Waals surface area contributed by atoms with E-state index in [2.05, 4.69) is 25.7 Å². The average molecular weight is 448 g/mol. The summed E-state index contributed by atoms with van der Waals surface area (Å²) in [6.45, 7) is 2.13. The Morgan fingerprint density at radius 1 is 1.04 bits per heavy atom. The zero-order valence-electron chi connectivity index (χ0n) is 15.0. The lowest BCUT2D eigenvalue weighted by Crippen LogP contribution is -2.39. The van der Waals surface area contributed by atoms with E-state index in [4.69, 9.17) is 14.2 Å². The molecular formula is C16H29BrCl2N2O3. The summed E-state index contributed by atoms with van der Waals surface area (Å²) in [5.41, 5.74) is 0. The molecule has 0 bridgehead atoms. The minimum atomic E-state index is 0. The van der Waals surface area contributed by atoms with Gasteiger partial charge in [0.2, 0.25) is 0 Å². The second-order valence-corrected chi connectivity index (χ2v) is 6.46. The topological polar surface area (TPSA) is 34.2 Å². The second kappa shape index (κ2) is 14.0. The Labute approximate surface area is 166 Å². The van der Waals surface area contributed by atoms with Gasteiger partial charge in [0.25, 0.3) is 0 Å². The summed E-state index contributed by atoms with van der Waals surface area (Å²) < 4.78 is 17.9. The van der Waals surface area contributed by atoms with Crippen LogP contribution in [0.4, 0.5) is 0 Å². The lowest BCUT2D eigenvalue weighted by Gasteiger charge is -2.27. The largest absolute Gasteiger partial charge is 0.493 e. The third-order valence-corrected chi connectivity index (χ3v) is 3.57. The molecule has 0 fully saturated rings. The maximum atomic E-state index is 5.89. The van der Waals surface area contributed by atoms with E-state index in [9.17, 15) is 0 Å². The van der Waals surface area contributed by atoms with Gasteiger partial charge in [0.15, 0.2) is 11.5 Å². The zero-order chi connectivity index (χ0) is 16.5. The molecule has 1 aromatic rings. The van der Waals surface area contributed by atoms with Crippen molar-refractivity contribution in [2.45, 2.75) is 12.6 Å². The summed E-state index contributed by atoms with van der Waals surface area (Å²) in [4.78, 5) is 4.20. The van der Waals surface area contributed by atoms with Crippen LogP contribution in [0.15, 0.2) is 22.7 Å². The van der Waals surface area contributed by atoms with E-state index in [-0.39, 0.29) is 31.0 Å². The van der Waals surface area contributed by atoms with E-state index >= 15 is 0 Å². The van der Waals surface area contributed by atoms with Crippen molar-refractivity contribution in [1.82, 2.24) is 9.80 Å². The molecule has 1 unspecified atom stereocenters. The van der Waals surface area contributed by atoms with Crippen molar-refractivity contribution in [2.75, 3.05) is 55.1 Å². The number of methoxy groups -OCH3 is 1. The standard InChI is InChI=1S/C16H27BrN2O3.2ClH/c1-18(2)12-16(19(3)4)22-10-6-9-21-14-8-7-13(17)11-15(14)20-5;;/h7-8,11,16H,6,9-10,12H2,1-5H3;2*1H. The molecular weight excluding hydrogens is 419 g/mol. The smallest absolute Gasteiger partial charge is 0.161 e. The third kappa shape index (κ3) is 9.91. The molecule has 0 radical (unpaired) electrons. The van der Waals surface area contributed by atoms with E-state index in [1.165, 1.54) is 0 Å². The molecule has 0 saturated heterocycles. The van der Waals surface area contributed by atoms with Gasteiger partial charge in [-0.05, 0) is 46.4 Å². The van der Waals surface area contributed by atoms with Crippen LogP contribution in [0, 0.1) is 0 Å². The van der Waals surface area contributed by atoms with E-state index in [0.29, 0.717) is 13.2 Å². The number of benzene rings is 1. The van der Waals surface area contributed by atoms with Gasteiger partial charge in [-0.25, -0.2) is 0 Å². The van der Waals surface area contributed by atoms with E-state index in [0.717, 1.165) is 28.9 Å². The molecule has 1 rings (SSSR count). The molecule has 1 aromatic carbocycles. The number of likely N-dealkylation sites (N-methyl/N-ethyl adjacent to an activating group) is 2. The number of hydrogen-bond acceptors (Lipinski definition) is 5. The van der Waals surface area contributed by atoms with Gasteiger partial charge in [-0.15, -0.1) is 24.8 Å². The zero-order valence-corrected chi connectivity index (χ0v) is 18.2. The molecule has 0 saturated carbocycles. The Hall–Kier alpha value is -0.240. The van der Waals surface area contributed by atoms with Crippen LogP contribution in [0.5, 0.6) is 11.5 Å². The van der Waals surface area contributed by atoms with Gasteiger partial charge in [-0.2, -0.15) is 0 Å². The van der Waals surface area contributed by atoms with Crippen molar-refractivity contribution in [3.8, 4) is 11.5 Å². The molecule has 1 atom stereocenters. The molecule has 0 aliphatic heterocycles. The van der Waals surface area contributed by atoms with Gasteiger partial charge in [0.1, 0.15) is 6.23 Å². The molecule has 142 valence electrons. The molecule has 0 amide bonds. The number of hydrogen-bond donors (Lipinski definition) is 0. The SMILES string of the molecule is COc1cc(Br)ccc1OCCCOC(CN(C)C)N(C)C.Cl.Cl. The minimum absolute atomic E-state index is 0.